The van der Waals surface area contributed by atoms with Crippen molar-refractivity contribution in [2.45, 2.75) is 13.3 Å². The van der Waals surface area contributed by atoms with Crippen LogP contribution in [0.15, 0.2) is 24.3 Å². The Kier molecular flexibility index (Phi) is 4.09. The van der Waals surface area contributed by atoms with Gasteiger partial charge in [0.1, 0.15) is 5.82 Å². The van der Waals surface area contributed by atoms with Crippen LogP contribution in [0.1, 0.15) is 13.3 Å². The molecule has 0 saturated heterocycles. The van der Waals surface area contributed by atoms with E-state index in [-0.39, 0.29) is 10.7 Å². The first kappa shape index (κ1) is 12.0. The van der Waals surface area contributed by atoms with Crippen LogP contribution in [0.3, 0.4) is 0 Å². The van der Waals surface area contributed by atoms with E-state index in [1.165, 1.54) is 0 Å². The highest BCUT2D eigenvalue weighted by molar-refractivity contribution is 6.33. The summed E-state index contributed by atoms with van der Waals surface area (Å²) in [4.78, 5) is 0. The number of rotatable bonds is 4. The summed E-state index contributed by atoms with van der Waals surface area (Å²) in [6, 6.07) is 1.88. The fraction of sp³-hybridized carbons (Fsp3) is 0.273. The van der Waals surface area contributed by atoms with E-state index in [2.05, 4.69) is 11.9 Å². The lowest BCUT2D eigenvalue weighted by Crippen LogP contribution is -2.04. The summed E-state index contributed by atoms with van der Waals surface area (Å²) < 4.78 is 25.9. The fourth-order valence-corrected chi connectivity index (χ4v) is 1.37. The molecule has 0 radical (unpaired) electrons. The van der Waals surface area contributed by atoms with Crippen LogP contribution in [-0.2, 0) is 0 Å². The molecule has 0 aliphatic heterocycles. The van der Waals surface area contributed by atoms with Gasteiger partial charge in [-0.1, -0.05) is 17.2 Å². The van der Waals surface area contributed by atoms with Gasteiger partial charge in [0.25, 0.3) is 0 Å². The van der Waals surface area contributed by atoms with Crippen molar-refractivity contribution in [3.8, 4) is 0 Å². The molecule has 0 aliphatic rings. The second-order valence-corrected chi connectivity index (χ2v) is 3.79. The first-order chi connectivity index (χ1) is 7.00. The van der Waals surface area contributed by atoms with Gasteiger partial charge in [-0.3, -0.25) is 0 Å². The molecule has 0 saturated carbocycles. The maximum absolute atomic E-state index is 13.2. The number of anilines is 1. The standard InChI is InChI=1S/C11H12ClF2N/c1-7(2)3-4-15-11-9(12)5-8(13)6-10(11)14/h5-6,15H,1,3-4H2,2H3. The lowest BCUT2D eigenvalue weighted by atomic mass is 10.2. The summed E-state index contributed by atoms with van der Waals surface area (Å²) in [7, 11) is 0. The van der Waals surface area contributed by atoms with E-state index in [1.807, 2.05) is 6.92 Å². The van der Waals surface area contributed by atoms with Gasteiger partial charge in [0.15, 0.2) is 5.82 Å². The number of halogens is 3. The van der Waals surface area contributed by atoms with Crippen LogP contribution in [0.2, 0.25) is 5.02 Å². The maximum Gasteiger partial charge on any atom is 0.150 e. The van der Waals surface area contributed by atoms with Crippen molar-refractivity contribution in [1.82, 2.24) is 0 Å². The molecule has 0 fully saturated rings. The Labute approximate surface area is 92.8 Å². The van der Waals surface area contributed by atoms with Crippen LogP contribution >= 0.6 is 11.6 Å². The molecule has 0 aliphatic carbocycles. The minimum absolute atomic E-state index is 0.0502. The summed E-state index contributed by atoms with van der Waals surface area (Å²) in [6.07, 6.45) is 0.715. The number of hydrogen-bond acceptors (Lipinski definition) is 1. The Morgan fingerprint density at radius 3 is 2.67 bits per heavy atom. The molecule has 1 nitrogen and oxygen atoms in total. The number of nitrogens with one attached hydrogen (secondary N) is 1. The van der Waals surface area contributed by atoms with Gasteiger partial charge in [-0.25, -0.2) is 8.78 Å². The molecule has 0 heterocycles. The molecule has 0 unspecified atom stereocenters. The van der Waals surface area contributed by atoms with Gasteiger partial charge in [-0.2, -0.15) is 0 Å². The van der Waals surface area contributed by atoms with Gasteiger partial charge in [0.05, 0.1) is 10.7 Å². The molecular formula is C11H12ClF2N. The molecule has 15 heavy (non-hydrogen) atoms. The lowest BCUT2D eigenvalue weighted by Gasteiger charge is -2.09. The van der Waals surface area contributed by atoms with Crippen molar-refractivity contribution >= 4 is 17.3 Å². The summed E-state index contributed by atoms with van der Waals surface area (Å²) >= 11 is 5.69. The zero-order valence-corrected chi connectivity index (χ0v) is 9.17. The zero-order chi connectivity index (χ0) is 11.4. The third-order valence-corrected chi connectivity index (χ3v) is 2.16. The first-order valence-corrected chi connectivity index (χ1v) is 4.91. The monoisotopic (exact) mass is 231 g/mol. The Balaban J connectivity index is 2.72. The van der Waals surface area contributed by atoms with Gasteiger partial charge in [0, 0.05) is 12.6 Å². The van der Waals surface area contributed by atoms with Crippen molar-refractivity contribution in [3.05, 3.63) is 40.9 Å². The van der Waals surface area contributed by atoms with Crippen LogP contribution in [0.25, 0.3) is 0 Å². The van der Waals surface area contributed by atoms with Crippen molar-refractivity contribution in [3.63, 3.8) is 0 Å². The zero-order valence-electron chi connectivity index (χ0n) is 8.41. The molecule has 1 N–H and O–H groups in total. The number of hydrogen-bond donors (Lipinski definition) is 1. The highest BCUT2D eigenvalue weighted by Crippen LogP contribution is 2.26. The minimum Gasteiger partial charge on any atom is -0.381 e. The van der Waals surface area contributed by atoms with E-state index in [4.69, 9.17) is 11.6 Å². The summed E-state index contributed by atoms with van der Waals surface area (Å²) in [5, 5.41) is 2.86. The van der Waals surface area contributed by atoms with Gasteiger partial charge in [0.2, 0.25) is 0 Å². The average Bonchev–Trinajstić information content (AvgIpc) is 2.08. The van der Waals surface area contributed by atoms with Crippen LogP contribution in [-0.4, -0.2) is 6.54 Å². The summed E-state index contributed by atoms with van der Waals surface area (Å²) in [6.45, 7) is 6.12. The normalized spacial score (nSPS) is 10.1. The maximum atomic E-state index is 13.2. The fourth-order valence-electron chi connectivity index (χ4n) is 1.11. The van der Waals surface area contributed by atoms with Crippen LogP contribution < -0.4 is 5.32 Å². The predicted molar refractivity (Wildman–Crippen MR) is 59.3 cm³/mol. The Morgan fingerprint density at radius 1 is 1.47 bits per heavy atom. The summed E-state index contributed by atoms with van der Waals surface area (Å²) in [5.74, 6) is -1.36. The van der Waals surface area contributed by atoms with Crippen molar-refractivity contribution in [2.75, 3.05) is 11.9 Å². The van der Waals surface area contributed by atoms with Gasteiger partial charge in [-0.05, 0) is 19.4 Å². The van der Waals surface area contributed by atoms with Crippen LogP contribution in [0.5, 0.6) is 0 Å². The smallest absolute Gasteiger partial charge is 0.150 e. The van der Waals surface area contributed by atoms with Gasteiger partial charge in [-0.15, -0.1) is 6.58 Å². The minimum atomic E-state index is -0.679. The third kappa shape index (κ3) is 3.51. The lowest BCUT2D eigenvalue weighted by molar-refractivity contribution is 0.585. The van der Waals surface area contributed by atoms with E-state index in [0.717, 1.165) is 17.7 Å². The van der Waals surface area contributed by atoms with E-state index in [0.29, 0.717) is 13.0 Å². The van der Waals surface area contributed by atoms with E-state index in [9.17, 15) is 8.78 Å². The van der Waals surface area contributed by atoms with Crippen molar-refractivity contribution < 1.29 is 8.78 Å². The topological polar surface area (TPSA) is 12.0 Å². The van der Waals surface area contributed by atoms with Crippen LogP contribution in [0, 0.1) is 11.6 Å². The molecule has 0 spiro atoms. The Hall–Kier alpha value is -1.09. The Morgan fingerprint density at radius 2 is 2.13 bits per heavy atom. The summed E-state index contributed by atoms with van der Waals surface area (Å²) in [5.41, 5.74) is 1.13. The second-order valence-electron chi connectivity index (χ2n) is 3.38. The molecule has 0 atom stereocenters. The number of benzene rings is 1. The van der Waals surface area contributed by atoms with Crippen LogP contribution in [0.4, 0.5) is 14.5 Å². The quantitative estimate of drug-likeness (QED) is 0.773. The molecule has 82 valence electrons. The van der Waals surface area contributed by atoms with E-state index >= 15 is 0 Å². The molecular weight excluding hydrogens is 220 g/mol. The molecule has 4 heteroatoms. The highest BCUT2D eigenvalue weighted by Gasteiger charge is 2.08. The molecule has 1 rings (SSSR count). The van der Waals surface area contributed by atoms with Crippen molar-refractivity contribution in [2.24, 2.45) is 0 Å². The second kappa shape index (κ2) is 5.12. The average molecular weight is 232 g/mol. The van der Waals surface area contributed by atoms with Gasteiger partial charge < -0.3 is 5.32 Å². The molecule has 0 amide bonds. The Bertz CT molecular complexity index is 354. The molecule has 1 aromatic rings. The predicted octanol–water partition coefficient (Wildman–Crippen LogP) is 4.00. The SMILES string of the molecule is C=C(C)CCNc1c(F)cc(F)cc1Cl. The third-order valence-electron chi connectivity index (χ3n) is 1.86. The molecule has 0 aromatic heterocycles. The van der Waals surface area contributed by atoms with Gasteiger partial charge >= 0.3 is 0 Å². The molecule has 1 aromatic carbocycles. The first-order valence-electron chi connectivity index (χ1n) is 4.53. The largest absolute Gasteiger partial charge is 0.381 e. The van der Waals surface area contributed by atoms with E-state index in [1.54, 1.807) is 0 Å². The van der Waals surface area contributed by atoms with E-state index < -0.39 is 11.6 Å². The molecule has 0 bridgehead atoms. The highest BCUT2D eigenvalue weighted by atomic mass is 35.5. The van der Waals surface area contributed by atoms with Crippen molar-refractivity contribution in [1.29, 1.82) is 0 Å².